The lowest BCUT2D eigenvalue weighted by atomic mass is 10.3. The van der Waals surface area contributed by atoms with Crippen molar-refractivity contribution in [3.8, 4) is 0 Å². The molecular weight excluding hydrogens is 369 g/mol. The van der Waals surface area contributed by atoms with Crippen LogP contribution in [-0.2, 0) is 19.8 Å². The van der Waals surface area contributed by atoms with Crippen molar-refractivity contribution in [2.24, 2.45) is 7.05 Å². The fraction of sp³-hybridized carbons (Fsp3) is 0.273. The van der Waals surface area contributed by atoms with Crippen molar-refractivity contribution in [2.75, 3.05) is 5.73 Å². The van der Waals surface area contributed by atoms with Crippen LogP contribution in [0.5, 0.6) is 0 Å². The van der Waals surface area contributed by atoms with Gasteiger partial charge < -0.3 is 15.6 Å². The maximum absolute atomic E-state index is 12.6. The van der Waals surface area contributed by atoms with Crippen LogP contribution in [0, 0.1) is 0 Å². The molecule has 0 aromatic carbocycles. The number of imidazole rings is 1. The number of anilines is 1. The van der Waals surface area contributed by atoms with Gasteiger partial charge in [-0.2, -0.15) is 13.2 Å². The summed E-state index contributed by atoms with van der Waals surface area (Å²) in [5.41, 5.74) is 3.71. The zero-order chi connectivity index (χ0) is 16.5. The van der Waals surface area contributed by atoms with Crippen LogP contribution >= 0.6 is 15.9 Å². The van der Waals surface area contributed by atoms with Gasteiger partial charge in [0, 0.05) is 19.4 Å². The molecule has 1 amide bonds. The summed E-state index contributed by atoms with van der Waals surface area (Å²) in [5, 5.41) is 2.46. The monoisotopic (exact) mass is 378 g/mol. The van der Waals surface area contributed by atoms with Crippen molar-refractivity contribution in [3.05, 3.63) is 34.2 Å². The Morgan fingerprint density at radius 2 is 2.14 bits per heavy atom. The molecule has 2 aromatic heterocycles. The molecule has 118 valence electrons. The van der Waals surface area contributed by atoms with E-state index in [1.54, 1.807) is 24.0 Å². The van der Waals surface area contributed by atoms with Crippen molar-refractivity contribution in [1.82, 2.24) is 24.8 Å². The van der Waals surface area contributed by atoms with Crippen LogP contribution in [0.25, 0.3) is 0 Å². The Kier molecular flexibility index (Phi) is 4.35. The maximum atomic E-state index is 12.6. The van der Waals surface area contributed by atoms with Gasteiger partial charge in [-0.25, -0.2) is 15.0 Å². The fourth-order valence-electron chi connectivity index (χ4n) is 1.59. The number of hydrogen-bond donors (Lipinski definition) is 2. The number of amides is 1. The van der Waals surface area contributed by atoms with E-state index in [0.717, 1.165) is 0 Å². The number of hydrogen-bond acceptors (Lipinski definition) is 5. The minimum absolute atomic E-state index is 0.0715. The van der Waals surface area contributed by atoms with Crippen LogP contribution in [0.1, 0.15) is 22.0 Å². The van der Waals surface area contributed by atoms with Crippen LogP contribution in [-0.4, -0.2) is 25.4 Å². The highest BCUT2D eigenvalue weighted by molar-refractivity contribution is 9.10. The summed E-state index contributed by atoms with van der Waals surface area (Å²) >= 11 is 2.64. The largest absolute Gasteiger partial charge is 0.436 e. The highest BCUT2D eigenvalue weighted by Gasteiger charge is 2.37. The first-order valence-corrected chi connectivity index (χ1v) is 6.64. The molecule has 0 aliphatic rings. The van der Waals surface area contributed by atoms with Gasteiger partial charge in [0.15, 0.2) is 17.2 Å². The highest BCUT2D eigenvalue weighted by atomic mass is 79.9. The number of rotatable bonds is 3. The number of nitrogens with two attached hydrogens (primary N) is 1. The van der Waals surface area contributed by atoms with E-state index in [1.165, 1.54) is 0 Å². The van der Waals surface area contributed by atoms with E-state index in [1.807, 2.05) is 0 Å². The smallest absolute Gasteiger partial charge is 0.382 e. The maximum Gasteiger partial charge on any atom is 0.436 e. The summed E-state index contributed by atoms with van der Waals surface area (Å²) in [5.74, 6) is -0.791. The molecule has 22 heavy (non-hydrogen) atoms. The summed E-state index contributed by atoms with van der Waals surface area (Å²) in [6.45, 7) is 0.0715. The zero-order valence-electron chi connectivity index (χ0n) is 11.1. The van der Waals surface area contributed by atoms with Gasteiger partial charge in [0.05, 0.1) is 6.54 Å². The first kappa shape index (κ1) is 16.2. The molecule has 0 radical (unpaired) electrons. The first-order valence-electron chi connectivity index (χ1n) is 5.84. The van der Waals surface area contributed by atoms with Crippen molar-refractivity contribution in [1.29, 1.82) is 0 Å². The molecule has 0 bridgehead atoms. The van der Waals surface area contributed by atoms with Gasteiger partial charge in [-0.1, -0.05) is 0 Å². The van der Waals surface area contributed by atoms with Gasteiger partial charge >= 0.3 is 6.18 Å². The van der Waals surface area contributed by atoms with E-state index >= 15 is 0 Å². The first-order chi connectivity index (χ1) is 10.2. The molecule has 0 fully saturated rings. The standard InChI is InChI=1S/C11H10BrF3N6O/c1-21-3-2-17-5(21)4-18-10(22)6-9(16)20-7(8(12)19-6)11(13,14)15/h2-3H,4H2,1H3,(H2,16,20)(H,18,22). The number of alkyl halides is 3. The average molecular weight is 379 g/mol. The molecule has 0 atom stereocenters. The van der Waals surface area contributed by atoms with Crippen LogP contribution in [0.3, 0.4) is 0 Å². The summed E-state index contributed by atoms with van der Waals surface area (Å²) < 4.78 is 39.0. The van der Waals surface area contributed by atoms with Crippen molar-refractivity contribution in [2.45, 2.75) is 12.7 Å². The summed E-state index contributed by atoms with van der Waals surface area (Å²) in [6, 6.07) is 0. The van der Waals surface area contributed by atoms with Crippen LogP contribution in [0.2, 0.25) is 0 Å². The van der Waals surface area contributed by atoms with E-state index in [0.29, 0.717) is 5.82 Å². The summed E-state index contributed by atoms with van der Waals surface area (Å²) in [7, 11) is 1.73. The number of halogens is 4. The number of aromatic nitrogens is 4. The van der Waals surface area contributed by atoms with Gasteiger partial charge in [0.2, 0.25) is 0 Å². The minimum Gasteiger partial charge on any atom is -0.382 e. The average Bonchev–Trinajstić information content (AvgIpc) is 2.82. The lowest BCUT2D eigenvalue weighted by molar-refractivity contribution is -0.142. The SMILES string of the molecule is Cn1ccnc1CNC(=O)c1nc(Br)c(C(F)(F)F)nc1N. The molecule has 0 saturated carbocycles. The normalized spacial score (nSPS) is 11.5. The molecule has 2 rings (SSSR count). The van der Waals surface area contributed by atoms with Crippen molar-refractivity contribution >= 4 is 27.7 Å². The van der Waals surface area contributed by atoms with Gasteiger partial charge in [-0.05, 0) is 15.9 Å². The van der Waals surface area contributed by atoms with E-state index in [9.17, 15) is 18.0 Å². The van der Waals surface area contributed by atoms with E-state index < -0.39 is 33.9 Å². The Morgan fingerprint density at radius 1 is 1.45 bits per heavy atom. The predicted molar refractivity (Wildman–Crippen MR) is 73.5 cm³/mol. The van der Waals surface area contributed by atoms with E-state index in [2.05, 4.69) is 36.2 Å². The minimum atomic E-state index is -4.72. The van der Waals surface area contributed by atoms with Gasteiger partial charge in [0.25, 0.3) is 5.91 Å². The van der Waals surface area contributed by atoms with Crippen molar-refractivity contribution < 1.29 is 18.0 Å². The topological polar surface area (TPSA) is 98.7 Å². The lowest BCUT2D eigenvalue weighted by Crippen LogP contribution is -2.27. The third kappa shape index (κ3) is 3.35. The van der Waals surface area contributed by atoms with Gasteiger partial charge in [-0.3, -0.25) is 4.79 Å². The van der Waals surface area contributed by atoms with Gasteiger partial charge in [-0.15, -0.1) is 0 Å². The molecule has 7 nitrogen and oxygen atoms in total. The fourth-order valence-corrected chi connectivity index (χ4v) is 2.08. The molecule has 3 N–H and O–H groups in total. The van der Waals surface area contributed by atoms with E-state index in [4.69, 9.17) is 5.73 Å². The van der Waals surface area contributed by atoms with Crippen LogP contribution in [0.4, 0.5) is 19.0 Å². The number of carbonyl (C=O) groups is 1. The summed E-state index contributed by atoms with van der Waals surface area (Å²) in [6.07, 6.45) is -1.49. The molecule has 2 aromatic rings. The Bertz CT molecular complexity index is 714. The second-order valence-corrected chi connectivity index (χ2v) is 4.98. The number of nitrogen functional groups attached to an aromatic ring is 1. The van der Waals surface area contributed by atoms with Crippen molar-refractivity contribution in [3.63, 3.8) is 0 Å². The Balaban J connectivity index is 2.20. The predicted octanol–water partition coefficient (Wildman–Crippen LogP) is 1.50. The number of nitrogens with zero attached hydrogens (tertiary/aromatic N) is 4. The lowest BCUT2D eigenvalue weighted by Gasteiger charge is -2.11. The molecule has 0 saturated heterocycles. The van der Waals surface area contributed by atoms with E-state index in [-0.39, 0.29) is 6.54 Å². The highest BCUT2D eigenvalue weighted by Crippen LogP contribution is 2.33. The molecular formula is C11H10BrF3N6O. The second kappa shape index (κ2) is 5.91. The third-order valence-corrected chi connectivity index (χ3v) is 3.24. The molecule has 0 aliphatic heterocycles. The Morgan fingerprint density at radius 3 is 2.68 bits per heavy atom. The van der Waals surface area contributed by atoms with Crippen LogP contribution < -0.4 is 11.1 Å². The number of carbonyl (C=O) groups excluding carboxylic acids is 1. The summed E-state index contributed by atoms with van der Waals surface area (Å²) in [4.78, 5) is 22.7. The quantitative estimate of drug-likeness (QED) is 0.843. The second-order valence-electron chi connectivity index (χ2n) is 4.23. The third-order valence-electron chi connectivity index (χ3n) is 2.69. The molecule has 0 unspecified atom stereocenters. The number of nitrogens with one attached hydrogen (secondary N) is 1. The Labute approximate surface area is 130 Å². The van der Waals surface area contributed by atoms with Gasteiger partial charge in [0.1, 0.15) is 10.4 Å². The molecule has 0 spiro atoms. The Hall–Kier alpha value is -2.17. The molecule has 2 heterocycles. The molecule has 11 heteroatoms. The zero-order valence-corrected chi connectivity index (χ0v) is 12.7. The van der Waals surface area contributed by atoms with Crippen LogP contribution in [0.15, 0.2) is 17.0 Å². The number of aryl methyl sites for hydroxylation is 1. The molecule has 0 aliphatic carbocycles.